The predicted octanol–water partition coefficient (Wildman–Crippen LogP) is 5.37. The summed E-state index contributed by atoms with van der Waals surface area (Å²) in [5, 5.41) is 3.19. The summed E-state index contributed by atoms with van der Waals surface area (Å²) in [6.45, 7) is 3.80. The number of nitrogens with zero attached hydrogens (tertiary/aromatic N) is 1. The third-order valence-electron chi connectivity index (χ3n) is 6.02. The molecule has 0 radical (unpaired) electrons. The number of thiophene rings is 1. The highest BCUT2D eigenvalue weighted by Crippen LogP contribution is 2.39. The monoisotopic (exact) mass is 574 g/mol. The van der Waals surface area contributed by atoms with Crippen LogP contribution in [0.3, 0.4) is 0 Å². The lowest BCUT2D eigenvalue weighted by Crippen LogP contribution is -2.38. The minimum absolute atomic E-state index is 0.0688. The van der Waals surface area contributed by atoms with E-state index in [4.69, 9.17) is 9.47 Å². The summed E-state index contributed by atoms with van der Waals surface area (Å²) in [5.41, 5.74) is 1.60. The van der Waals surface area contributed by atoms with E-state index < -0.39 is 28.4 Å². The fourth-order valence-corrected chi connectivity index (χ4v) is 7.40. The molecule has 1 aromatic heterocycles. The smallest absolute Gasteiger partial charge is 0.341 e. The summed E-state index contributed by atoms with van der Waals surface area (Å²) in [6.07, 6.45) is 4.43. The van der Waals surface area contributed by atoms with Gasteiger partial charge < -0.3 is 14.8 Å². The molecule has 1 amide bonds. The van der Waals surface area contributed by atoms with Gasteiger partial charge in [0.1, 0.15) is 17.3 Å². The zero-order valence-corrected chi connectivity index (χ0v) is 23.9. The largest absolute Gasteiger partial charge is 0.494 e. The second kappa shape index (κ2) is 12.2. The molecule has 4 rings (SSSR count). The molecular weight excluding hydrogens is 545 g/mol. The number of carbonyl (C=O) groups excluding carboxylic acids is 2. The van der Waals surface area contributed by atoms with Gasteiger partial charge in [0.05, 0.1) is 29.4 Å². The number of nitrogens with one attached hydrogen (secondary N) is 1. The Morgan fingerprint density at radius 2 is 1.74 bits per heavy atom. The van der Waals surface area contributed by atoms with E-state index in [-0.39, 0.29) is 11.5 Å². The molecule has 202 valence electrons. The Morgan fingerprint density at radius 1 is 1.03 bits per heavy atom. The summed E-state index contributed by atoms with van der Waals surface area (Å²) >= 11 is 2.85. The first-order chi connectivity index (χ1) is 18.3. The molecule has 1 aliphatic rings. The third kappa shape index (κ3) is 6.00. The fourth-order valence-electron chi connectivity index (χ4n) is 4.27. The molecule has 0 fully saturated rings. The van der Waals surface area contributed by atoms with Gasteiger partial charge in [-0.25, -0.2) is 13.2 Å². The van der Waals surface area contributed by atoms with Gasteiger partial charge in [-0.05, 0) is 93.5 Å². The van der Waals surface area contributed by atoms with Crippen LogP contribution in [-0.2, 0) is 32.4 Å². The van der Waals surface area contributed by atoms with Crippen LogP contribution in [0.15, 0.2) is 58.3 Å². The van der Waals surface area contributed by atoms with Crippen LogP contribution < -0.4 is 14.4 Å². The van der Waals surface area contributed by atoms with Crippen LogP contribution >= 0.6 is 23.1 Å². The Bertz CT molecular complexity index is 1400. The number of esters is 1. The Kier molecular flexibility index (Phi) is 9.01. The molecule has 0 spiro atoms. The predicted molar refractivity (Wildman–Crippen MR) is 151 cm³/mol. The van der Waals surface area contributed by atoms with Crippen molar-refractivity contribution in [2.45, 2.75) is 42.9 Å². The van der Waals surface area contributed by atoms with Gasteiger partial charge in [0, 0.05) is 9.77 Å². The van der Waals surface area contributed by atoms with Gasteiger partial charge in [-0.1, -0.05) is 0 Å². The minimum Gasteiger partial charge on any atom is -0.494 e. The maximum atomic E-state index is 13.7. The molecule has 0 saturated heterocycles. The van der Waals surface area contributed by atoms with Crippen molar-refractivity contribution in [2.24, 2.45) is 0 Å². The lowest BCUT2D eigenvalue weighted by atomic mass is 10.1. The molecule has 0 unspecified atom stereocenters. The highest BCUT2D eigenvalue weighted by molar-refractivity contribution is 7.98. The van der Waals surface area contributed by atoms with Crippen molar-refractivity contribution in [3.63, 3.8) is 0 Å². The molecule has 38 heavy (non-hydrogen) atoms. The number of aryl methyl sites for hydroxylation is 1. The van der Waals surface area contributed by atoms with Gasteiger partial charge in [0.25, 0.3) is 10.0 Å². The van der Waals surface area contributed by atoms with Crippen LogP contribution in [0.2, 0.25) is 0 Å². The Hall–Kier alpha value is -3.02. The van der Waals surface area contributed by atoms with Crippen LogP contribution in [0.25, 0.3) is 0 Å². The van der Waals surface area contributed by atoms with E-state index in [1.165, 1.54) is 35.2 Å². The maximum absolute atomic E-state index is 13.7. The third-order valence-corrected chi connectivity index (χ3v) is 9.76. The first kappa shape index (κ1) is 28.0. The Morgan fingerprint density at radius 3 is 2.37 bits per heavy atom. The summed E-state index contributed by atoms with van der Waals surface area (Å²) in [7, 11) is -4.09. The standard InChI is InChI=1S/C27H30N2O6S3/c1-4-34-19-11-9-18(10-12-19)29(38(32,33)21-15-13-20(36-3)14-16-21)17-24(30)28-26-25(27(31)35-5-2)22-7-6-8-23(22)37-26/h9-16H,4-8,17H2,1-3H3,(H,28,30). The number of benzene rings is 2. The summed E-state index contributed by atoms with van der Waals surface area (Å²) in [5.74, 6) is -0.449. The zero-order chi connectivity index (χ0) is 27.3. The number of hydrogen-bond donors (Lipinski definition) is 1. The van der Waals surface area contributed by atoms with E-state index in [1.54, 1.807) is 43.3 Å². The first-order valence-corrected chi connectivity index (χ1v) is 15.8. The Balaban J connectivity index is 1.66. The number of thioether (sulfide) groups is 1. The molecule has 1 heterocycles. The molecular formula is C27H30N2O6S3. The molecule has 1 N–H and O–H groups in total. The van der Waals surface area contributed by atoms with Crippen LogP contribution in [-0.4, -0.2) is 46.3 Å². The highest BCUT2D eigenvalue weighted by atomic mass is 32.2. The topological polar surface area (TPSA) is 102 Å². The van der Waals surface area contributed by atoms with Gasteiger partial charge in [-0.2, -0.15) is 0 Å². The van der Waals surface area contributed by atoms with Gasteiger partial charge in [0.15, 0.2) is 0 Å². The highest BCUT2D eigenvalue weighted by Gasteiger charge is 2.31. The summed E-state index contributed by atoms with van der Waals surface area (Å²) in [6, 6.07) is 13.1. The molecule has 0 bridgehead atoms. The van der Waals surface area contributed by atoms with Gasteiger partial charge >= 0.3 is 5.97 Å². The number of amides is 1. The molecule has 0 aliphatic heterocycles. The van der Waals surface area contributed by atoms with Crippen LogP contribution in [0.1, 0.15) is 41.1 Å². The lowest BCUT2D eigenvalue weighted by Gasteiger charge is -2.24. The molecule has 2 aromatic carbocycles. The van der Waals surface area contributed by atoms with Crippen molar-refractivity contribution >= 4 is 55.7 Å². The van der Waals surface area contributed by atoms with Crippen molar-refractivity contribution in [2.75, 3.05) is 35.6 Å². The minimum atomic E-state index is -4.09. The molecule has 0 saturated carbocycles. The normalized spacial score (nSPS) is 12.6. The lowest BCUT2D eigenvalue weighted by molar-refractivity contribution is -0.114. The van der Waals surface area contributed by atoms with E-state index in [0.717, 1.165) is 38.9 Å². The Labute approximate surface area is 231 Å². The van der Waals surface area contributed by atoms with Gasteiger partial charge in [-0.3, -0.25) is 9.10 Å². The number of ether oxygens (including phenoxy) is 2. The van der Waals surface area contributed by atoms with Crippen LogP contribution in [0.5, 0.6) is 5.75 Å². The second-order valence-corrected chi connectivity index (χ2v) is 12.3. The maximum Gasteiger partial charge on any atom is 0.341 e. The number of rotatable bonds is 11. The van der Waals surface area contributed by atoms with Crippen molar-refractivity contribution in [1.29, 1.82) is 0 Å². The van der Waals surface area contributed by atoms with Crippen molar-refractivity contribution in [1.82, 2.24) is 0 Å². The average molecular weight is 575 g/mol. The van der Waals surface area contributed by atoms with Crippen molar-refractivity contribution in [3.8, 4) is 5.75 Å². The van der Waals surface area contributed by atoms with Gasteiger partial charge in [0.2, 0.25) is 5.91 Å². The van der Waals surface area contributed by atoms with Crippen LogP contribution in [0.4, 0.5) is 10.7 Å². The number of fused-ring (bicyclic) bond motifs is 1. The van der Waals surface area contributed by atoms with Gasteiger partial charge in [-0.15, -0.1) is 23.1 Å². The number of sulfonamides is 1. The molecule has 0 atom stereocenters. The SMILES string of the molecule is CCOC(=O)c1c(NC(=O)CN(c2ccc(OCC)cc2)S(=O)(=O)c2ccc(SC)cc2)sc2c1CCC2. The van der Waals surface area contributed by atoms with Crippen molar-refractivity contribution in [3.05, 3.63) is 64.5 Å². The van der Waals surface area contributed by atoms with E-state index in [2.05, 4.69) is 5.32 Å². The number of anilines is 2. The second-order valence-electron chi connectivity index (χ2n) is 8.44. The quantitative estimate of drug-likeness (QED) is 0.243. The van der Waals surface area contributed by atoms with Crippen molar-refractivity contribution < 1.29 is 27.5 Å². The van der Waals surface area contributed by atoms with E-state index in [0.29, 0.717) is 28.6 Å². The number of hydrogen-bond acceptors (Lipinski definition) is 8. The number of carbonyl (C=O) groups is 2. The average Bonchev–Trinajstić information content (AvgIpc) is 3.49. The van der Waals surface area contributed by atoms with E-state index in [1.807, 2.05) is 13.2 Å². The van der Waals surface area contributed by atoms with E-state index >= 15 is 0 Å². The van der Waals surface area contributed by atoms with Crippen LogP contribution in [0, 0.1) is 0 Å². The molecule has 8 nitrogen and oxygen atoms in total. The summed E-state index contributed by atoms with van der Waals surface area (Å²) < 4.78 is 39.3. The molecule has 3 aromatic rings. The molecule has 1 aliphatic carbocycles. The first-order valence-electron chi connectivity index (χ1n) is 12.3. The molecule has 11 heteroatoms. The van der Waals surface area contributed by atoms with E-state index in [9.17, 15) is 18.0 Å². The zero-order valence-electron chi connectivity index (χ0n) is 21.5. The fraction of sp³-hybridized carbons (Fsp3) is 0.333. The summed E-state index contributed by atoms with van der Waals surface area (Å²) in [4.78, 5) is 28.1.